The first-order valence-corrected chi connectivity index (χ1v) is 6.29. The summed E-state index contributed by atoms with van der Waals surface area (Å²) in [6.07, 6.45) is -0.440. The third kappa shape index (κ3) is 3.37. The summed E-state index contributed by atoms with van der Waals surface area (Å²) in [6.45, 7) is -0.115. The van der Waals surface area contributed by atoms with Crippen LogP contribution in [0.15, 0.2) is 12.1 Å². The first kappa shape index (κ1) is 12.7. The van der Waals surface area contributed by atoms with Gasteiger partial charge in [-0.1, -0.05) is 11.6 Å². The highest BCUT2D eigenvalue weighted by Gasteiger charge is 2.42. The lowest BCUT2D eigenvalue weighted by atomic mass is 10.2. The van der Waals surface area contributed by atoms with Crippen molar-refractivity contribution >= 4 is 28.8 Å². The summed E-state index contributed by atoms with van der Waals surface area (Å²) in [5, 5.41) is 5.11. The van der Waals surface area contributed by atoms with Gasteiger partial charge in [0.1, 0.15) is 0 Å². The Kier molecular flexibility index (Phi) is 3.65. The van der Waals surface area contributed by atoms with Crippen LogP contribution in [0.1, 0.15) is 11.3 Å². The number of nitrogens with one attached hydrogen (secondary N) is 2. The number of amides is 1. The van der Waals surface area contributed by atoms with Gasteiger partial charge >= 0.3 is 0 Å². The van der Waals surface area contributed by atoms with Crippen LogP contribution in [0.4, 0.5) is 8.78 Å². The molecular weight excluding hydrogens is 270 g/mol. The van der Waals surface area contributed by atoms with E-state index >= 15 is 0 Å². The molecule has 0 bridgehead atoms. The van der Waals surface area contributed by atoms with Gasteiger partial charge in [-0.25, -0.2) is 8.78 Å². The summed E-state index contributed by atoms with van der Waals surface area (Å²) in [5.74, 6) is -3.18. The minimum Gasteiger partial charge on any atom is -0.350 e. The van der Waals surface area contributed by atoms with E-state index in [1.807, 2.05) is 0 Å². The van der Waals surface area contributed by atoms with Crippen LogP contribution in [0.5, 0.6) is 0 Å². The molecule has 3 nitrogen and oxygen atoms in total. The molecule has 1 atom stereocenters. The van der Waals surface area contributed by atoms with Gasteiger partial charge in [-0.15, -0.1) is 11.3 Å². The molecule has 1 amide bonds. The molecule has 2 heterocycles. The van der Waals surface area contributed by atoms with Crippen LogP contribution in [-0.2, 0) is 11.3 Å². The summed E-state index contributed by atoms with van der Waals surface area (Å²) in [6, 6.07) is 2.72. The van der Waals surface area contributed by atoms with Crippen molar-refractivity contribution in [1.82, 2.24) is 10.6 Å². The van der Waals surface area contributed by atoms with E-state index in [2.05, 4.69) is 10.6 Å². The van der Waals surface area contributed by atoms with E-state index in [1.54, 1.807) is 12.1 Å². The predicted molar refractivity (Wildman–Crippen MR) is 62.5 cm³/mol. The summed E-state index contributed by atoms with van der Waals surface area (Å²) in [4.78, 5) is 12.5. The monoisotopic (exact) mass is 280 g/mol. The smallest absolute Gasteiger partial charge is 0.262 e. The zero-order chi connectivity index (χ0) is 12.5. The van der Waals surface area contributed by atoms with E-state index in [1.165, 1.54) is 11.3 Å². The van der Waals surface area contributed by atoms with Gasteiger partial charge in [0.25, 0.3) is 5.92 Å². The molecule has 0 aliphatic carbocycles. The second kappa shape index (κ2) is 4.88. The first-order chi connectivity index (χ1) is 7.96. The largest absolute Gasteiger partial charge is 0.350 e. The highest BCUT2D eigenvalue weighted by Crippen LogP contribution is 2.25. The average Bonchev–Trinajstić information content (AvgIpc) is 2.81. The van der Waals surface area contributed by atoms with Crippen LogP contribution in [0.3, 0.4) is 0 Å². The van der Waals surface area contributed by atoms with Gasteiger partial charge in [0.05, 0.1) is 23.5 Å². The number of thiophene rings is 1. The quantitative estimate of drug-likeness (QED) is 0.889. The molecule has 2 rings (SSSR count). The van der Waals surface area contributed by atoms with Crippen LogP contribution >= 0.6 is 22.9 Å². The molecule has 0 spiro atoms. The number of alkyl halides is 2. The van der Waals surface area contributed by atoms with E-state index in [9.17, 15) is 13.6 Å². The maximum atomic E-state index is 12.9. The zero-order valence-electron chi connectivity index (χ0n) is 8.80. The van der Waals surface area contributed by atoms with E-state index in [0.717, 1.165) is 4.88 Å². The Bertz CT molecular complexity index is 424. The van der Waals surface area contributed by atoms with Gasteiger partial charge in [0.2, 0.25) is 5.91 Å². The molecule has 1 aliphatic heterocycles. The predicted octanol–water partition coefficient (Wildman–Crippen LogP) is 2.01. The zero-order valence-corrected chi connectivity index (χ0v) is 10.4. The fourth-order valence-electron chi connectivity index (χ4n) is 1.65. The Morgan fingerprint density at radius 3 is 2.94 bits per heavy atom. The molecule has 1 saturated heterocycles. The second-order valence-electron chi connectivity index (χ2n) is 3.92. The molecule has 1 aromatic rings. The molecule has 94 valence electrons. The molecule has 0 aromatic carbocycles. The first-order valence-electron chi connectivity index (χ1n) is 5.09. The topological polar surface area (TPSA) is 41.1 Å². The van der Waals surface area contributed by atoms with Crippen molar-refractivity contribution in [1.29, 1.82) is 0 Å². The number of carbonyl (C=O) groups excluding carboxylic acids is 1. The number of carbonyl (C=O) groups is 1. The molecular formula is C10H11ClF2N2OS. The van der Waals surface area contributed by atoms with Crippen LogP contribution in [0, 0.1) is 0 Å². The molecule has 2 N–H and O–H groups in total. The van der Waals surface area contributed by atoms with Crippen molar-refractivity contribution in [3.63, 3.8) is 0 Å². The van der Waals surface area contributed by atoms with Crippen molar-refractivity contribution in [2.75, 3.05) is 6.54 Å². The Labute approximate surface area is 106 Å². The normalized spacial score (nSPS) is 22.6. The van der Waals surface area contributed by atoms with Crippen LogP contribution in [-0.4, -0.2) is 24.4 Å². The molecule has 1 unspecified atom stereocenters. The van der Waals surface area contributed by atoms with Crippen LogP contribution in [0.25, 0.3) is 0 Å². The summed E-state index contributed by atoms with van der Waals surface area (Å²) >= 11 is 7.09. The minimum absolute atomic E-state index is 0.319. The van der Waals surface area contributed by atoms with Crippen molar-refractivity contribution in [3.8, 4) is 0 Å². The van der Waals surface area contributed by atoms with Gasteiger partial charge in [-0.2, -0.15) is 0 Å². The second-order valence-corrected chi connectivity index (χ2v) is 5.72. The Morgan fingerprint density at radius 2 is 2.41 bits per heavy atom. The third-order valence-electron chi connectivity index (χ3n) is 2.49. The fourth-order valence-corrected chi connectivity index (χ4v) is 2.67. The van der Waals surface area contributed by atoms with Gasteiger partial charge in [-0.3, -0.25) is 10.1 Å². The molecule has 0 saturated carbocycles. The lowest BCUT2D eigenvalue weighted by Crippen LogP contribution is -2.39. The van der Waals surface area contributed by atoms with Crippen molar-refractivity contribution in [2.24, 2.45) is 0 Å². The Morgan fingerprint density at radius 1 is 1.65 bits per heavy atom. The lowest BCUT2D eigenvalue weighted by Gasteiger charge is -2.10. The summed E-state index contributed by atoms with van der Waals surface area (Å²) < 4.78 is 26.4. The maximum absolute atomic E-state index is 12.9. The standard InChI is InChI=1S/C10H11ClF2N2OS/c11-8-2-1-6(17-8)4-14-9(16)7-3-10(12,13)5-15-7/h1-2,7,15H,3-5H2,(H,14,16). The molecule has 0 radical (unpaired) electrons. The highest BCUT2D eigenvalue weighted by molar-refractivity contribution is 7.16. The van der Waals surface area contributed by atoms with Gasteiger partial charge < -0.3 is 5.32 Å². The molecule has 17 heavy (non-hydrogen) atoms. The van der Waals surface area contributed by atoms with E-state index in [4.69, 9.17) is 11.6 Å². The number of rotatable bonds is 3. The third-order valence-corrected chi connectivity index (χ3v) is 3.72. The molecule has 1 fully saturated rings. The number of hydrogen-bond donors (Lipinski definition) is 2. The highest BCUT2D eigenvalue weighted by atomic mass is 35.5. The molecule has 7 heteroatoms. The number of hydrogen-bond acceptors (Lipinski definition) is 3. The van der Waals surface area contributed by atoms with Crippen LogP contribution < -0.4 is 10.6 Å². The van der Waals surface area contributed by atoms with Gasteiger partial charge in [0, 0.05) is 11.3 Å². The van der Waals surface area contributed by atoms with Crippen LogP contribution in [0.2, 0.25) is 4.34 Å². The average molecular weight is 281 g/mol. The summed E-state index contributed by atoms with van der Waals surface area (Å²) in [7, 11) is 0. The van der Waals surface area contributed by atoms with E-state index in [-0.39, 0.29) is 0 Å². The maximum Gasteiger partial charge on any atom is 0.262 e. The van der Waals surface area contributed by atoms with E-state index < -0.39 is 30.8 Å². The van der Waals surface area contributed by atoms with Crippen molar-refractivity contribution in [3.05, 3.63) is 21.3 Å². The lowest BCUT2D eigenvalue weighted by molar-refractivity contribution is -0.123. The Balaban J connectivity index is 1.82. The van der Waals surface area contributed by atoms with Gasteiger partial charge in [0.15, 0.2) is 0 Å². The van der Waals surface area contributed by atoms with Crippen molar-refractivity contribution < 1.29 is 13.6 Å². The molecule has 1 aliphatic rings. The van der Waals surface area contributed by atoms with E-state index in [0.29, 0.717) is 10.9 Å². The minimum atomic E-state index is -2.78. The van der Waals surface area contributed by atoms with Gasteiger partial charge in [-0.05, 0) is 12.1 Å². The SMILES string of the molecule is O=C(NCc1ccc(Cl)s1)C1CC(F)(F)CN1. The number of halogens is 3. The van der Waals surface area contributed by atoms with Crippen molar-refractivity contribution in [2.45, 2.75) is 24.9 Å². The molecule has 1 aromatic heterocycles. The summed E-state index contributed by atoms with van der Waals surface area (Å²) in [5.41, 5.74) is 0. The fraction of sp³-hybridized carbons (Fsp3) is 0.500. The Hall–Kier alpha value is -0.720.